The number of hydrogen-bond acceptors (Lipinski definition) is 5. The number of rotatable bonds is 5. The number of hydrogen-bond donors (Lipinski definition) is 1. The number of nitro groups is 1. The van der Waals surface area contributed by atoms with Crippen molar-refractivity contribution in [3.8, 4) is 5.75 Å². The van der Waals surface area contributed by atoms with Gasteiger partial charge < -0.3 is 15.4 Å². The molecule has 0 spiro atoms. The van der Waals surface area contributed by atoms with E-state index < -0.39 is 0 Å². The molecule has 1 aliphatic heterocycles. The standard InChI is InChI=1S/C14H21N3O3/c1-20-14-9-12(8-13(10-14)17(18)19)16-7-3-2-4-11(16)5-6-15/h8-11H,2-7,15H2,1H3. The maximum absolute atomic E-state index is 11.0. The molecule has 2 rings (SSSR count). The van der Waals surface area contributed by atoms with Crippen molar-refractivity contribution in [2.24, 2.45) is 5.73 Å². The van der Waals surface area contributed by atoms with E-state index in [4.69, 9.17) is 10.5 Å². The number of benzene rings is 1. The third-order valence-corrected chi connectivity index (χ3v) is 3.78. The Morgan fingerprint density at radius 2 is 2.25 bits per heavy atom. The highest BCUT2D eigenvalue weighted by Gasteiger charge is 2.24. The van der Waals surface area contributed by atoms with Gasteiger partial charge in [0.1, 0.15) is 5.75 Å². The summed E-state index contributed by atoms with van der Waals surface area (Å²) < 4.78 is 5.18. The van der Waals surface area contributed by atoms with Gasteiger partial charge in [0.2, 0.25) is 0 Å². The van der Waals surface area contributed by atoms with E-state index in [1.807, 2.05) is 6.07 Å². The van der Waals surface area contributed by atoms with E-state index in [-0.39, 0.29) is 10.6 Å². The summed E-state index contributed by atoms with van der Waals surface area (Å²) in [6.07, 6.45) is 4.28. The summed E-state index contributed by atoms with van der Waals surface area (Å²) in [6.45, 7) is 1.54. The Kier molecular flexibility index (Phi) is 4.79. The van der Waals surface area contributed by atoms with Crippen LogP contribution >= 0.6 is 0 Å². The van der Waals surface area contributed by atoms with Gasteiger partial charge in [0.05, 0.1) is 18.1 Å². The Labute approximate surface area is 118 Å². The van der Waals surface area contributed by atoms with E-state index in [0.29, 0.717) is 18.3 Å². The molecule has 6 nitrogen and oxygen atoms in total. The lowest BCUT2D eigenvalue weighted by molar-refractivity contribution is -0.384. The molecule has 1 aromatic carbocycles. The molecule has 1 unspecified atom stereocenters. The third kappa shape index (κ3) is 3.19. The lowest BCUT2D eigenvalue weighted by atomic mass is 9.98. The van der Waals surface area contributed by atoms with Crippen molar-refractivity contribution in [2.75, 3.05) is 25.1 Å². The van der Waals surface area contributed by atoms with Gasteiger partial charge in [0, 0.05) is 30.4 Å². The van der Waals surface area contributed by atoms with Gasteiger partial charge in [-0.15, -0.1) is 0 Å². The van der Waals surface area contributed by atoms with Gasteiger partial charge in [-0.05, 0) is 32.2 Å². The van der Waals surface area contributed by atoms with Crippen LogP contribution in [-0.4, -0.2) is 31.2 Å². The van der Waals surface area contributed by atoms with Gasteiger partial charge in [-0.1, -0.05) is 0 Å². The minimum Gasteiger partial charge on any atom is -0.496 e. The van der Waals surface area contributed by atoms with Gasteiger partial charge >= 0.3 is 0 Å². The van der Waals surface area contributed by atoms with E-state index in [1.165, 1.54) is 19.6 Å². The zero-order valence-corrected chi connectivity index (χ0v) is 11.7. The average Bonchev–Trinajstić information content (AvgIpc) is 2.47. The van der Waals surface area contributed by atoms with Gasteiger partial charge in [-0.3, -0.25) is 10.1 Å². The van der Waals surface area contributed by atoms with Crippen molar-refractivity contribution in [2.45, 2.75) is 31.7 Å². The molecular formula is C14H21N3O3. The normalized spacial score (nSPS) is 18.9. The van der Waals surface area contributed by atoms with Crippen molar-refractivity contribution in [1.29, 1.82) is 0 Å². The Bertz CT molecular complexity index is 477. The van der Waals surface area contributed by atoms with Crippen LogP contribution in [0.15, 0.2) is 18.2 Å². The van der Waals surface area contributed by atoms with Crippen LogP contribution in [0.5, 0.6) is 5.75 Å². The van der Waals surface area contributed by atoms with Crippen LogP contribution in [0.3, 0.4) is 0 Å². The van der Waals surface area contributed by atoms with E-state index in [9.17, 15) is 10.1 Å². The molecule has 1 heterocycles. The van der Waals surface area contributed by atoms with Crippen molar-refractivity contribution < 1.29 is 9.66 Å². The third-order valence-electron chi connectivity index (χ3n) is 3.78. The number of nitrogens with zero attached hydrogens (tertiary/aromatic N) is 2. The molecule has 0 aliphatic carbocycles. The van der Waals surface area contributed by atoms with E-state index in [2.05, 4.69) is 4.90 Å². The fourth-order valence-electron chi connectivity index (χ4n) is 2.79. The highest BCUT2D eigenvalue weighted by molar-refractivity contribution is 5.58. The van der Waals surface area contributed by atoms with Crippen LogP contribution in [-0.2, 0) is 0 Å². The number of piperidine rings is 1. The van der Waals surface area contributed by atoms with Crippen molar-refractivity contribution in [3.63, 3.8) is 0 Å². The fraction of sp³-hybridized carbons (Fsp3) is 0.571. The second kappa shape index (κ2) is 6.56. The maximum Gasteiger partial charge on any atom is 0.275 e. The molecule has 1 atom stereocenters. The minimum absolute atomic E-state index is 0.0661. The Hall–Kier alpha value is -1.82. The number of nitro benzene ring substituents is 1. The van der Waals surface area contributed by atoms with Crippen LogP contribution in [0.1, 0.15) is 25.7 Å². The van der Waals surface area contributed by atoms with Crippen LogP contribution in [0.2, 0.25) is 0 Å². The highest BCUT2D eigenvalue weighted by Crippen LogP contribution is 2.32. The monoisotopic (exact) mass is 279 g/mol. The van der Waals surface area contributed by atoms with Gasteiger partial charge in [0.25, 0.3) is 5.69 Å². The van der Waals surface area contributed by atoms with Crippen molar-refractivity contribution in [1.82, 2.24) is 0 Å². The van der Waals surface area contributed by atoms with Crippen LogP contribution in [0.4, 0.5) is 11.4 Å². The first-order valence-electron chi connectivity index (χ1n) is 6.96. The first-order valence-corrected chi connectivity index (χ1v) is 6.96. The van der Waals surface area contributed by atoms with Gasteiger partial charge in [0.15, 0.2) is 0 Å². The summed E-state index contributed by atoms with van der Waals surface area (Å²) in [5.74, 6) is 0.520. The first-order chi connectivity index (χ1) is 9.65. The molecule has 0 aromatic heterocycles. The molecule has 1 aliphatic rings. The lowest BCUT2D eigenvalue weighted by Gasteiger charge is -2.37. The van der Waals surface area contributed by atoms with Crippen LogP contribution in [0, 0.1) is 10.1 Å². The number of ether oxygens (including phenoxy) is 1. The minimum atomic E-state index is -0.381. The van der Waals surface area contributed by atoms with E-state index >= 15 is 0 Å². The van der Waals surface area contributed by atoms with Crippen LogP contribution < -0.4 is 15.4 Å². The zero-order valence-electron chi connectivity index (χ0n) is 11.7. The Morgan fingerprint density at radius 1 is 1.45 bits per heavy atom. The maximum atomic E-state index is 11.0. The molecule has 1 fully saturated rings. The van der Waals surface area contributed by atoms with Crippen LogP contribution in [0.25, 0.3) is 0 Å². The molecule has 20 heavy (non-hydrogen) atoms. The smallest absolute Gasteiger partial charge is 0.275 e. The predicted octanol–water partition coefficient (Wildman–Crippen LogP) is 2.31. The molecule has 0 saturated carbocycles. The molecule has 0 radical (unpaired) electrons. The van der Waals surface area contributed by atoms with E-state index in [1.54, 1.807) is 6.07 Å². The average molecular weight is 279 g/mol. The summed E-state index contributed by atoms with van der Waals surface area (Å²) in [4.78, 5) is 12.9. The first kappa shape index (κ1) is 14.6. The fourth-order valence-corrected chi connectivity index (χ4v) is 2.79. The SMILES string of the molecule is COc1cc(N2CCCCC2CCN)cc([N+](=O)[O-])c1. The molecule has 1 saturated heterocycles. The molecule has 0 bridgehead atoms. The topological polar surface area (TPSA) is 81.6 Å². The largest absolute Gasteiger partial charge is 0.496 e. The highest BCUT2D eigenvalue weighted by atomic mass is 16.6. The predicted molar refractivity (Wildman–Crippen MR) is 78.3 cm³/mol. The summed E-state index contributed by atoms with van der Waals surface area (Å²) in [6, 6.07) is 5.30. The Balaban J connectivity index is 2.33. The van der Waals surface area contributed by atoms with E-state index in [0.717, 1.165) is 31.5 Å². The van der Waals surface area contributed by atoms with Gasteiger partial charge in [-0.25, -0.2) is 0 Å². The van der Waals surface area contributed by atoms with Crippen molar-refractivity contribution >= 4 is 11.4 Å². The number of nitrogens with two attached hydrogens (primary N) is 1. The van der Waals surface area contributed by atoms with Gasteiger partial charge in [-0.2, -0.15) is 0 Å². The number of anilines is 1. The second-order valence-electron chi connectivity index (χ2n) is 5.07. The number of methoxy groups -OCH3 is 1. The second-order valence-corrected chi connectivity index (χ2v) is 5.07. The summed E-state index contributed by atoms with van der Waals surface area (Å²) in [5.41, 5.74) is 6.60. The molecule has 110 valence electrons. The summed E-state index contributed by atoms with van der Waals surface area (Å²) in [5, 5.41) is 11.0. The molecule has 1 aromatic rings. The number of non-ortho nitro benzene ring substituents is 1. The summed E-state index contributed by atoms with van der Waals surface area (Å²) >= 11 is 0. The zero-order chi connectivity index (χ0) is 14.5. The molecule has 6 heteroatoms. The Morgan fingerprint density at radius 3 is 2.90 bits per heavy atom. The quantitative estimate of drug-likeness (QED) is 0.660. The summed E-state index contributed by atoms with van der Waals surface area (Å²) in [7, 11) is 1.52. The molecule has 2 N–H and O–H groups in total. The molecular weight excluding hydrogens is 258 g/mol. The lowest BCUT2D eigenvalue weighted by Crippen LogP contribution is -2.40. The molecule has 0 amide bonds. The van der Waals surface area contributed by atoms with Crippen molar-refractivity contribution in [3.05, 3.63) is 28.3 Å².